The topological polar surface area (TPSA) is 29.9 Å². The fraction of sp³-hybridized carbons (Fsp3) is 0.357. The molecule has 17 heavy (non-hydrogen) atoms. The second kappa shape index (κ2) is 5.15. The number of nitrogens with one attached hydrogen (secondary N) is 1. The van der Waals surface area contributed by atoms with Crippen LogP contribution >= 0.6 is 0 Å². The zero-order valence-electron chi connectivity index (χ0n) is 10.6. The fourth-order valence-corrected chi connectivity index (χ4v) is 2.02. The Balaban J connectivity index is 2.40. The summed E-state index contributed by atoms with van der Waals surface area (Å²) in [4.78, 5) is 0. The fourth-order valence-electron chi connectivity index (χ4n) is 2.02. The van der Waals surface area contributed by atoms with E-state index in [1.165, 1.54) is 11.1 Å². The summed E-state index contributed by atoms with van der Waals surface area (Å²) in [6.45, 7) is 7.32. The number of aryl methyl sites for hydroxylation is 1. The third-order valence-corrected chi connectivity index (χ3v) is 2.87. The Morgan fingerprint density at radius 3 is 2.76 bits per heavy atom. The van der Waals surface area contributed by atoms with Gasteiger partial charge in [0, 0.05) is 12.2 Å². The molecule has 1 atom stereocenters. The van der Waals surface area contributed by atoms with Crippen LogP contribution in [0.5, 0.6) is 0 Å². The van der Waals surface area contributed by atoms with Gasteiger partial charge in [-0.25, -0.2) is 4.68 Å². The van der Waals surface area contributed by atoms with Crippen molar-refractivity contribution < 1.29 is 0 Å². The Bertz CT molecular complexity index is 488. The van der Waals surface area contributed by atoms with Gasteiger partial charge >= 0.3 is 0 Å². The summed E-state index contributed by atoms with van der Waals surface area (Å²) in [6, 6.07) is 8.72. The molecule has 1 heterocycles. The molecular weight excluding hydrogens is 210 g/mol. The van der Waals surface area contributed by atoms with Gasteiger partial charge in [0.15, 0.2) is 0 Å². The van der Waals surface area contributed by atoms with Gasteiger partial charge in [0.25, 0.3) is 0 Å². The molecule has 0 aliphatic carbocycles. The Hall–Kier alpha value is -1.61. The lowest BCUT2D eigenvalue weighted by molar-refractivity contribution is 0.593. The highest BCUT2D eigenvalue weighted by Crippen LogP contribution is 2.21. The minimum Gasteiger partial charge on any atom is -0.310 e. The van der Waals surface area contributed by atoms with E-state index in [2.05, 4.69) is 61.6 Å². The third-order valence-electron chi connectivity index (χ3n) is 2.87. The average molecular weight is 229 g/mol. The average Bonchev–Trinajstić information content (AvgIpc) is 2.76. The van der Waals surface area contributed by atoms with Crippen LogP contribution in [-0.4, -0.2) is 16.3 Å². The van der Waals surface area contributed by atoms with E-state index in [-0.39, 0.29) is 0 Å². The van der Waals surface area contributed by atoms with Crippen LogP contribution in [0, 0.1) is 6.92 Å². The first-order valence-corrected chi connectivity index (χ1v) is 6.06. The zero-order chi connectivity index (χ0) is 12.3. The molecule has 0 saturated carbocycles. The summed E-state index contributed by atoms with van der Waals surface area (Å²) < 4.78 is 1.94. The van der Waals surface area contributed by atoms with Crippen molar-refractivity contribution in [2.45, 2.75) is 26.8 Å². The van der Waals surface area contributed by atoms with E-state index in [0.29, 0.717) is 6.04 Å². The number of hydrogen-bond acceptors (Lipinski definition) is 2. The lowest BCUT2D eigenvalue weighted by Crippen LogP contribution is -2.19. The minimum absolute atomic E-state index is 0.334. The van der Waals surface area contributed by atoms with Crippen LogP contribution in [0.4, 0.5) is 0 Å². The number of benzene rings is 1. The van der Waals surface area contributed by atoms with Crippen LogP contribution in [0.1, 0.15) is 31.0 Å². The Kier molecular flexibility index (Phi) is 3.59. The monoisotopic (exact) mass is 229 g/mol. The van der Waals surface area contributed by atoms with Crippen molar-refractivity contribution in [1.82, 2.24) is 15.1 Å². The summed E-state index contributed by atoms with van der Waals surface area (Å²) in [6.07, 6.45) is 3.94. The molecule has 1 aromatic carbocycles. The molecule has 1 N–H and O–H groups in total. The maximum atomic E-state index is 4.38. The van der Waals surface area contributed by atoms with Gasteiger partial charge in [-0.15, -0.1) is 0 Å². The normalized spacial score (nSPS) is 12.6. The predicted octanol–water partition coefficient (Wildman–Crippen LogP) is 2.85. The quantitative estimate of drug-likeness (QED) is 0.873. The molecule has 0 aliphatic heterocycles. The lowest BCUT2D eigenvalue weighted by atomic mass is 10.1. The standard InChI is InChI=1S/C14H19N3/c1-4-15-12(3)13-7-5-6-8-14(13)17-10-11(2)9-16-17/h5-10,12,15H,4H2,1-3H3. The first-order chi connectivity index (χ1) is 8.22. The van der Waals surface area contributed by atoms with Crippen LogP contribution in [-0.2, 0) is 0 Å². The van der Waals surface area contributed by atoms with Gasteiger partial charge in [0.1, 0.15) is 0 Å². The van der Waals surface area contributed by atoms with Crippen LogP contribution in [0.25, 0.3) is 5.69 Å². The number of aromatic nitrogens is 2. The molecule has 0 amide bonds. The van der Waals surface area contributed by atoms with E-state index in [9.17, 15) is 0 Å². The molecule has 0 radical (unpaired) electrons. The maximum Gasteiger partial charge on any atom is 0.0693 e. The van der Waals surface area contributed by atoms with E-state index in [0.717, 1.165) is 12.2 Å². The van der Waals surface area contributed by atoms with Crippen molar-refractivity contribution in [2.24, 2.45) is 0 Å². The minimum atomic E-state index is 0.334. The van der Waals surface area contributed by atoms with Gasteiger partial charge in [-0.3, -0.25) is 0 Å². The van der Waals surface area contributed by atoms with Crippen LogP contribution < -0.4 is 5.32 Å². The van der Waals surface area contributed by atoms with Crippen molar-refractivity contribution >= 4 is 0 Å². The third kappa shape index (κ3) is 2.56. The number of para-hydroxylation sites is 1. The first-order valence-electron chi connectivity index (χ1n) is 6.06. The van der Waals surface area contributed by atoms with E-state index in [4.69, 9.17) is 0 Å². The molecule has 3 nitrogen and oxygen atoms in total. The van der Waals surface area contributed by atoms with Gasteiger partial charge in [-0.1, -0.05) is 25.1 Å². The van der Waals surface area contributed by atoms with E-state index in [1.807, 2.05) is 10.9 Å². The molecule has 2 rings (SSSR count). The molecule has 90 valence electrons. The highest BCUT2D eigenvalue weighted by Gasteiger charge is 2.10. The second-order valence-corrected chi connectivity index (χ2v) is 4.30. The summed E-state index contributed by atoms with van der Waals surface area (Å²) in [5, 5.41) is 7.82. The van der Waals surface area contributed by atoms with Gasteiger partial charge in [0.2, 0.25) is 0 Å². The van der Waals surface area contributed by atoms with Crippen molar-refractivity contribution in [3.8, 4) is 5.69 Å². The summed E-state index contributed by atoms with van der Waals surface area (Å²) in [7, 11) is 0. The Morgan fingerprint density at radius 1 is 1.35 bits per heavy atom. The summed E-state index contributed by atoms with van der Waals surface area (Å²) >= 11 is 0. The maximum absolute atomic E-state index is 4.38. The molecule has 1 aromatic heterocycles. The second-order valence-electron chi connectivity index (χ2n) is 4.30. The van der Waals surface area contributed by atoms with Gasteiger partial charge < -0.3 is 5.32 Å². The Labute approximate surface area is 102 Å². The SMILES string of the molecule is CCNC(C)c1ccccc1-n1cc(C)cn1. The summed E-state index contributed by atoms with van der Waals surface area (Å²) in [5.41, 5.74) is 3.60. The van der Waals surface area contributed by atoms with Gasteiger partial charge in [0.05, 0.1) is 11.9 Å². The van der Waals surface area contributed by atoms with E-state index < -0.39 is 0 Å². The molecule has 0 spiro atoms. The zero-order valence-corrected chi connectivity index (χ0v) is 10.6. The largest absolute Gasteiger partial charge is 0.310 e. The highest BCUT2D eigenvalue weighted by atomic mass is 15.3. The predicted molar refractivity (Wildman–Crippen MR) is 70.4 cm³/mol. The lowest BCUT2D eigenvalue weighted by Gasteiger charge is -2.16. The van der Waals surface area contributed by atoms with Crippen molar-refractivity contribution in [3.05, 3.63) is 47.8 Å². The van der Waals surface area contributed by atoms with E-state index in [1.54, 1.807) is 0 Å². The molecule has 1 unspecified atom stereocenters. The molecule has 0 fully saturated rings. The molecular formula is C14H19N3. The molecule has 0 saturated heterocycles. The summed E-state index contributed by atoms with van der Waals surface area (Å²) in [5.74, 6) is 0. The van der Waals surface area contributed by atoms with E-state index >= 15 is 0 Å². The molecule has 0 bridgehead atoms. The molecule has 3 heteroatoms. The smallest absolute Gasteiger partial charge is 0.0693 e. The van der Waals surface area contributed by atoms with Crippen LogP contribution in [0.15, 0.2) is 36.7 Å². The van der Waals surface area contributed by atoms with Gasteiger partial charge in [-0.05, 0) is 37.6 Å². The van der Waals surface area contributed by atoms with Crippen LogP contribution in [0.2, 0.25) is 0 Å². The van der Waals surface area contributed by atoms with Gasteiger partial charge in [-0.2, -0.15) is 5.10 Å². The Morgan fingerprint density at radius 2 is 2.12 bits per heavy atom. The number of rotatable bonds is 4. The molecule has 0 aliphatic rings. The van der Waals surface area contributed by atoms with Crippen molar-refractivity contribution in [1.29, 1.82) is 0 Å². The number of hydrogen-bond donors (Lipinski definition) is 1. The highest BCUT2D eigenvalue weighted by molar-refractivity contribution is 5.42. The van der Waals surface area contributed by atoms with Crippen LogP contribution in [0.3, 0.4) is 0 Å². The van der Waals surface area contributed by atoms with Crippen molar-refractivity contribution in [3.63, 3.8) is 0 Å². The first kappa shape index (κ1) is 11.9. The molecule has 2 aromatic rings. The number of nitrogens with zero attached hydrogens (tertiary/aromatic N) is 2. The van der Waals surface area contributed by atoms with Crippen molar-refractivity contribution in [2.75, 3.05) is 6.54 Å².